The van der Waals surface area contributed by atoms with Crippen LogP contribution >= 0.6 is 21.6 Å². The molecule has 1 aliphatic heterocycles. The highest BCUT2D eigenvalue weighted by molar-refractivity contribution is 8.76. The Kier molecular flexibility index (Phi) is 26.9. The van der Waals surface area contributed by atoms with Gasteiger partial charge in [-0.2, -0.15) is 0 Å². The van der Waals surface area contributed by atoms with Crippen molar-refractivity contribution in [3.63, 3.8) is 0 Å². The highest BCUT2D eigenvalue weighted by Crippen LogP contribution is 2.36. The van der Waals surface area contributed by atoms with Crippen molar-refractivity contribution in [3.05, 3.63) is 90.1 Å². The Balaban J connectivity index is 1.37. The molecule has 2 heterocycles. The molecule has 4 N–H and O–H groups in total. The standard InChI is InChI=1S/C58H85N7O12S2/c1-14-38(8)51(45(74-12)32-48(66)65-30-20-23-44(65)52(75-13)39(9)53(67)61-43(56(70)71)31-40-21-16-15-17-22-40)63(10)55(69)49(36(4)5)62-54(68)50(37(6)7)64(11)58(73)77-33-41-25-27-42(28-26-41)60-57(72)76-34-46(35(2)3)78-79-47-24-18-19-29-59-47/h15-19,21-22,24-29,35-39,43-46,49-52H,14,20,23,30-34H2,1-13H3,(H,60,72)(H,61,67)(H,62,68)(H,70,71)/t38?,39?,43?,44-,45?,46?,49?,50?,51?,52?/m0/s1. The van der Waals surface area contributed by atoms with Crippen LogP contribution in [0.5, 0.6) is 0 Å². The molecule has 0 bridgehead atoms. The third-order valence-electron chi connectivity index (χ3n) is 14.6. The first kappa shape index (κ1) is 65.6. The quantitative estimate of drug-likeness (QED) is 0.0458. The maximum absolute atomic E-state index is 14.7. The lowest BCUT2D eigenvalue weighted by Crippen LogP contribution is -2.60. The molecule has 10 atom stereocenters. The molecule has 79 heavy (non-hydrogen) atoms. The Morgan fingerprint density at radius 2 is 1.46 bits per heavy atom. The predicted octanol–water partition coefficient (Wildman–Crippen LogP) is 8.56. The molecule has 1 saturated heterocycles. The summed E-state index contributed by atoms with van der Waals surface area (Å²) >= 11 is 0. The number of rotatable bonds is 30. The molecule has 1 fully saturated rings. The van der Waals surface area contributed by atoms with Crippen LogP contribution in [0.2, 0.25) is 0 Å². The zero-order valence-corrected chi connectivity index (χ0v) is 49.8. The summed E-state index contributed by atoms with van der Waals surface area (Å²) < 4.78 is 23.2. The van der Waals surface area contributed by atoms with Gasteiger partial charge in [-0.1, -0.05) is 128 Å². The number of likely N-dealkylation sites (N-methyl/N-ethyl adjacent to an activating group) is 2. The number of hydrogen-bond donors (Lipinski definition) is 4. The molecule has 3 aromatic rings. The number of pyridine rings is 1. The van der Waals surface area contributed by atoms with Crippen molar-refractivity contribution in [3.8, 4) is 0 Å². The van der Waals surface area contributed by atoms with E-state index in [2.05, 4.69) is 34.8 Å². The summed E-state index contributed by atoms with van der Waals surface area (Å²) in [6, 6.07) is 17.2. The average molecular weight is 1140 g/mol. The second-order valence-electron chi connectivity index (χ2n) is 21.3. The van der Waals surface area contributed by atoms with Gasteiger partial charge < -0.3 is 44.5 Å². The van der Waals surface area contributed by atoms with Crippen molar-refractivity contribution in [1.29, 1.82) is 0 Å². The van der Waals surface area contributed by atoms with Crippen LogP contribution in [0.4, 0.5) is 15.3 Å². The van der Waals surface area contributed by atoms with Gasteiger partial charge in [0.1, 0.15) is 36.4 Å². The van der Waals surface area contributed by atoms with Gasteiger partial charge in [0.2, 0.25) is 23.6 Å². The molecule has 0 aliphatic carbocycles. The van der Waals surface area contributed by atoms with Crippen LogP contribution in [0.1, 0.15) is 99.1 Å². The van der Waals surface area contributed by atoms with Crippen LogP contribution in [0.25, 0.3) is 0 Å². The molecule has 1 aromatic heterocycles. The Hall–Kier alpha value is -5.90. The molecule has 1 aliphatic rings. The van der Waals surface area contributed by atoms with Crippen molar-refractivity contribution in [2.75, 3.05) is 46.8 Å². The van der Waals surface area contributed by atoms with Gasteiger partial charge in [0.25, 0.3) is 0 Å². The second-order valence-corrected chi connectivity index (χ2v) is 23.8. The third-order valence-corrected chi connectivity index (χ3v) is 17.6. The molecule has 9 unspecified atom stereocenters. The number of aliphatic carboxylic acids is 1. The molecule has 0 saturated carbocycles. The summed E-state index contributed by atoms with van der Waals surface area (Å²) in [7, 11) is 9.22. The number of carbonyl (C=O) groups excluding carboxylic acids is 6. The lowest BCUT2D eigenvalue weighted by Gasteiger charge is -2.41. The zero-order valence-electron chi connectivity index (χ0n) is 48.2. The number of methoxy groups -OCH3 is 2. The Morgan fingerprint density at radius 1 is 0.785 bits per heavy atom. The van der Waals surface area contributed by atoms with Gasteiger partial charge in [0.05, 0.1) is 41.9 Å². The number of carboxylic acids is 1. The van der Waals surface area contributed by atoms with Crippen molar-refractivity contribution in [2.45, 2.75) is 154 Å². The first-order valence-electron chi connectivity index (χ1n) is 27.2. The number of ether oxygens (including phenoxy) is 4. The highest BCUT2D eigenvalue weighted by atomic mass is 33.1. The van der Waals surface area contributed by atoms with E-state index >= 15 is 0 Å². The first-order chi connectivity index (χ1) is 37.5. The highest BCUT2D eigenvalue weighted by Gasteiger charge is 2.44. The van der Waals surface area contributed by atoms with Gasteiger partial charge in [-0.15, -0.1) is 0 Å². The summed E-state index contributed by atoms with van der Waals surface area (Å²) in [5.74, 6) is -4.38. The topological polar surface area (TPSA) is 235 Å². The number of carboxylic acid groups (broad SMARTS) is 1. The minimum atomic E-state index is -1.17. The number of carbonyl (C=O) groups is 7. The minimum absolute atomic E-state index is 0.0332. The largest absolute Gasteiger partial charge is 0.480 e. The van der Waals surface area contributed by atoms with Crippen LogP contribution in [-0.4, -0.2) is 156 Å². The lowest BCUT2D eigenvalue weighted by atomic mass is 9.89. The van der Waals surface area contributed by atoms with Gasteiger partial charge in [0, 0.05) is 53.2 Å². The first-order valence-corrected chi connectivity index (χ1v) is 29.4. The Morgan fingerprint density at radius 3 is 2.03 bits per heavy atom. The van der Waals surface area contributed by atoms with Gasteiger partial charge in [-0.25, -0.2) is 19.4 Å². The number of aromatic nitrogens is 1. The monoisotopic (exact) mass is 1140 g/mol. The van der Waals surface area contributed by atoms with Crippen LogP contribution in [0, 0.1) is 29.6 Å². The molecule has 436 valence electrons. The number of benzene rings is 2. The van der Waals surface area contributed by atoms with Crippen LogP contribution < -0.4 is 16.0 Å². The van der Waals surface area contributed by atoms with Crippen molar-refractivity contribution in [2.24, 2.45) is 29.6 Å². The van der Waals surface area contributed by atoms with Crippen molar-refractivity contribution in [1.82, 2.24) is 30.3 Å². The summed E-state index contributed by atoms with van der Waals surface area (Å²) in [4.78, 5) is 104. The molecular formula is C58H85N7O12S2. The maximum atomic E-state index is 14.7. The molecule has 0 radical (unpaired) electrons. The summed E-state index contributed by atoms with van der Waals surface area (Å²) in [5, 5.41) is 19.2. The third kappa shape index (κ3) is 19.4. The molecule has 6 amide bonds. The fraction of sp³-hybridized carbons (Fsp3) is 0.586. The predicted molar refractivity (Wildman–Crippen MR) is 307 cm³/mol. The molecule has 21 heteroatoms. The average Bonchev–Trinajstić information content (AvgIpc) is 3.93. The van der Waals surface area contributed by atoms with Crippen molar-refractivity contribution < 1.29 is 57.6 Å². The van der Waals surface area contributed by atoms with Gasteiger partial charge in [-0.3, -0.25) is 29.4 Å². The Labute approximate surface area is 475 Å². The van der Waals surface area contributed by atoms with E-state index in [0.29, 0.717) is 37.1 Å². The van der Waals surface area contributed by atoms with Crippen LogP contribution in [-0.2, 0) is 55.9 Å². The van der Waals surface area contributed by atoms with Gasteiger partial charge in [0.15, 0.2) is 0 Å². The minimum Gasteiger partial charge on any atom is -0.480 e. The number of nitrogens with one attached hydrogen (secondary N) is 3. The van der Waals surface area contributed by atoms with Crippen LogP contribution in [0.3, 0.4) is 0 Å². The number of amides is 6. The van der Waals surface area contributed by atoms with Gasteiger partial charge in [-0.05, 0) is 82.7 Å². The van der Waals surface area contributed by atoms with E-state index < -0.39 is 84.2 Å². The molecule has 19 nitrogen and oxygen atoms in total. The smallest absolute Gasteiger partial charge is 0.411 e. The number of likely N-dealkylation sites (tertiary alicyclic amines) is 1. The molecule has 4 rings (SSSR count). The number of hydrogen-bond acceptors (Lipinski definition) is 14. The zero-order chi connectivity index (χ0) is 58.5. The molecular weight excluding hydrogens is 1050 g/mol. The van der Waals surface area contributed by atoms with E-state index in [-0.39, 0.29) is 60.9 Å². The normalized spacial score (nSPS) is 16.9. The Bertz CT molecular complexity index is 2420. The summed E-state index contributed by atoms with van der Waals surface area (Å²) in [6.07, 6.45) is 0.696. The fourth-order valence-electron chi connectivity index (χ4n) is 9.75. The van der Waals surface area contributed by atoms with E-state index in [1.807, 2.05) is 52.0 Å². The SMILES string of the molecule is CCC(C)C(C(CC(=O)N1CCC[C@H]1C(OC)C(C)C(=O)NC(Cc1ccccc1)C(=O)O)OC)N(C)C(=O)C(NC(=O)C(C(C)C)N(C)C(=O)OCc1ccc(NC(=O)OCC(SSc2ccccn2)C(C)C)cc1)C(C)C. The fourth-order valence-corrected chi connectivity index (χ4v) is 12.4. The number of nitrogens with zero attached hydrogens (tertiary/aromatic N) is 4. The van der Waals surface area contributed by atoms with E-state index in [9.17, 15) is 38.7 Å². The number of anilines is 1. The summed E-state index contributed by atoms with van der Waals surface area (Å²) in [6.45, 7) is 17.5. The van der Waals surface area contributed by atoms with E-state index in [1.54, 1.807) is 103 Å². The van der Waals surface area contributed by atoms with Crippen LogP contribution in [0.15, 0.2) is 84.0 Å². The summed E-state index contributed by atoms with van der Waals surface area (Å²) in [5.41, 5.74) is 1.88. The second kappa shape index (κ2) is 32.4. The van der Waals surface area contributed by atoms with Crippen molar-refractivity contribution >= 4 is 69.1 Å². The van der Waals surface area contributed by atoms with E-state index in [1.165, 1.54) is 37.0 Å². The van der Waals surface area contributed by atoms with E-state index in [4.69, 9.17) is 18.9 Å². The lowest BCUT2D eigenvalue weighted by molar-refractivity contribution is -0.148. The van der Waals surface area contributed by atoms with Gasteiger partial charge >= 0.3 is 18.2 Å². The molecule has 0 spiro atoms. The van der Waals surface area contributed by atoms with E-state index in [0.717, 1.165) is 10.6 Å². The molecule has 2 aromatic carbocycles. The maximum Gasteiger partial charge on any atom is 0.411 e.